The lowest BCUT2D eigenvalue weighted by Gasteiger charge is -2.10. The van der Waals surface area contributed by atoms with Crippen molar-refractivity contribution in [3.8, 4) is 27.8 Å². The molecule has 0 aliphatic carbocycles. The summed E-state index contributed by atoms with van der Waals surface area (Å²) in [5.41, 5.74) is 0.518. The van der Waals surface area contributed by atoms with Crippen molar-refractivity contribution >= 4 is 34.8 Å². The molecule has 2 heterocycles. The van der Waals surface area contributed by atoms with Crippen LogP contribution in [-0.4, -0.2) is 34.9 Å². The number of carbonyl (C=O) groups is 2. The lowest BCUT2D eigenvalue weighted by molar-refractivity contribution is -0.118. The molecular weight excluding hydrogens is 434 g/mol. The van der Waals surface area contributed by atoms with Crippen molar-refractivity contribution in [3.63, 3.8) is 0 Å². The molecule has 0 spiro atoms. The van der Waals surface area contributed by atoms with Crippen LogP contribution in [0.1, 0.15) is 15.4 Å². The maximum atomic E-state index is 14.9. The molecule has 10 heteroatoms. The fourth-order valence-corrected chi connectivity index (χ4v) is 4.23. The Morgan fingerprint density at radius 3 is 2.77 bits per heavy atom. The van der Waals surface area contributed by atoms with Crippen molar-refractivity contribution in [3.05, 3.63) is 63.6 Å². The van der Waals surface area contributed by atoms with E-state index in [4.69, 9.17) is 16.9 Å². The zero-order valence-corrected chi connectivity index (χ0v) is 16.7. The minimum atomic E-state index is -0.755. The van der Waals surface area contributed by atoms with Crippen LogP contribution in [0.5, 0.6) is 0 Å². The standard InChI is InChI=1S/C20H11ClF2N4O2S/c21-13-6-10(4-5-14(13)22)17-18(12-3-1-2-11(7-24)16(12)23)30-19(26-17)20(29)27-8-15(28)25-9-27/h1-6H,8-9H2,(H,25,28). The van der Waals surface area contributed by atoms with Crippen molar-refractivity contribution in [2.75, 3.05) is 13.2 Å². The van der Waals surface area contributed by atoms with Gasteiger partial charge in [-0.1, -0.05) is 23.7 Å². The van der Waals surface area contributed by atoms with Gasteiger partial charge < -0.3 is 10.2 Å². The Morgan fingerprint density at radius 2 is 2.10 bits per heavy atom. The molecule has 3 aromatic rings. The van der Waals surface area contributed by atoms with E-state index in [9.17, 15) is 18.4 Å². The maximum absolute atomic E-state index is 14.9. The quantitative estimate of drug-likeness (QED) is 0.665. The van der Waals surface area contributed by atoms with Crippen LogP contribution in [0.2, 0.25) is 5.02 Å². The Hall–Kier alpha value is -3.35. The lowest BCUT2D eigenvalue weighted by atomic mass is 10.0. The smallest absolute Gasteiger partial charge is 0.284 e. The molecule has 6 nitrogen and oxygen atoms in total. The Bertz CT molecular complexity index is 1240. The molecule has 1 N–H and O–H groups in total. The first-order chi connectivity index (χ1) is 14.4. The van der Waals surface area contributed by atoms with E-state index in [1.807, 2.05) is 0 Å². The van der Waals surface area contributed by atoms with E-state index in [1.54, 1.807) is 6.07 Å². The number of aromatic nitrogens is 1. The van der Waals surface area contributed by atoms with Crippen LogP contribution in [0, 0.1) is 23.0 Å². The Morgan fingerprint density at radius 1 is 1.30 bits per heavy atom. The molecule has 1 saturated heterocycles. The first-order valence-electron chi connectivity index (χ1n) is 8.60. The van der Waals surface area contributed by atoms with Gasteiger partial charge in [0.1, 0.15) is 24.2 Å². The summed E-state index contributed by atoms with van der Waals surface area (Å²) in [5, 5.41) is 11.5. The molecule has 0 radical (unpaired) electrons. The summed E-state index contributed by atoms with van der Waals surface area (Å²) in [7, 11) is 0. The number of carbonyl (C=O) groups excluding carboxylic acids is 2. The van der Waals surface area contributed by atoms with Gasteiger partial charge in [0.05, 0.1) is 27.8 Å². The first-order valence-corrected chi connectivity index (χ1v) is 9.79. The third-order valence-electron chi connectivity index (χ3n) is 4.46. The Kier molecular flexibility index (Phi) is 5.20. The van der Waals surface area contributed by atoms with Gasteiger partial charge in [-0.05, 0) is 24.3 Å². The highest BCUT2D eigenvalue weighted by atomic mass is 35.5. The number of nitrogens with one attached hydrogen (secondary N) is 1. The van der Waals surface area contributed by atoms with Gasteiger partial charge in [0.15, 0.2) is 5.01 Å². The van der Waals surface area contributed by atoms with Crippen LogP contribution < -0.4 is 5.32 Å². The van der Waals surface area contributed by atoms with Crippen LogP contribution in [0.25, 0.3) is 21.7 Å². The highest BCUT2D eigenvalue weighted by molar-refractivity contribution is 7.17. The van der Waals surface area contributed by atoms with E-state index in [1.165, 1.54) is 35.2 Å². The van der Waals surface area contributed by atoms with Crippen molar-refractivity contribution in [1.29, 1.82) is 5.26 Å². The SMILES string of the molecule is N#Cc1cccc(-c2sc(C(=O)N3CNC(=O)C3)nc2-c2ccc(F)c(Cl)c2)c1F. The van der Waals surface area contributed by atoms with Gasteiger partial charge in [0.2, 0.25) is 5.91 Å². The van der Waals surface area contributed by atoms with Crippen LogP contribution in [-0.2, 0) is 4.79 Å². The van der Waals surface area contributed by atoms with E-state index in [0.717, 1.165) is 17.4 Å². The van der Waals surface area contributed by atoms with E-state index in [-0.39, 0.29) is 50.8 Å². The third kappa shape index (κ3) is 3.51. The maximum Gasteiger partial charge on any atom is 0.284 e. The second-order valence-electron chi connectivity index (χ2n) is 6.37. The van der Waals surface area contributed by atoms with Crippen LogP contribution >= 0.6 is 22.9 Å². The molecule has 2 aromatic carbocycles. The fourth-order valence-electron chi connectivity index (χ4n) is 2.97. The molecule has 30 heavy (non-hydrogen) atoms. The van der Waals surface area contributed by atoms with Gasteiger partial charge >= 0.3 is 0 Å². The number of hydrogen-bond donors (Lipinski definition) is 1. The third-order valence-corrected chi connectivity index (χ3v) is 5.82. The lowest BCUT2D eigenvalue weighted by Crippen LogP contribution is -2.29. The second-order valence-corrected chi connectivity index (χ2v) is 7.77. The predicted octanol–water partition coefficient (Wildman–Crippen LogP) is 3.81. The minimum absolute atomic E-state index is 0.0266. The van der Waals surface area contributed by atoms with Crippen LogP contribution in [0.3, 0.4) is 0 Å². The average Bonchev–Trinajstić information content (AvgIpc) is 3.36. The minimum Gasteiger partial charge on any atom is -0.337 e. The van der Waals surface area contributed by atoms with Gasteiger partial charge in [-0.3, -0.25) is 9.59 Å². The van der Waals surface area contributed by atoms with Gasteiger partial charge in [0, 0.05) is 11.1 Å². The monoisotopic (exact) mass is 444 g/mol. The number of halogens is 3. The summed E-state index contributed by atoms with van der Waals surface area (Å²) >= 11 is 6.81. The largest absolute Gasteiger partial charge is 0.337 e. The zero-order chi connectivity index (χ0) is 21.4. The normalized spacial score (nSPS) is 13.3. The second kappa shape index (κ2) is 7.82. The van der Waals surface area contributed by atoms with Crippen molar-refractivity contribution < 1.29 is 18.4 Å². The summed E-state index contributed by atoms with van der Waals surface area (Å²) in [5.74, 6) is -2.18. The molecule has 1 aromatic heterocycles. The predicted molar refractivity (Wildman–Crippen MR) is 107 cm³/mol. The molecule has 0 bridgehead atoms. The molecule has 150 valence electrons. The molecule has 1 fully saturated rings. The average molecular weight is 445 g/mol. The van der Waals surface area contributed by atoms with Gasteiger partial charge in [-0.15, -0.1) is 11.3 Å². The first kappa shape index (κ1) is 19.9. The molecule has 0 saturated carbocycles. The number of amides is 2. The number of rotatable bonds is 3. The summed E-state index contributed by atoms with van der Waals surface area (Å²) in [6.45, 7) is -0.0632. The topological polar surface area (TPSA) is 86.1 Å². The van der Waals surface area contributed by atoms with E-state index >= 15 is 0 Å². The van der Waals surface area contributed by atoms with E-state index in [0.29, 0.717) is 5.56 Å². The van der Waals surface area contributed by atoms with E-state index in [2.05, 4.69) is 10.3 Å². The Balaban J connectivity index is 1.88. The molecule has 2 amide bonds. The summed E-state index contributed by atoms with van der Waals surface area (Å²) in [4.78, 5) is 30.1. The zero-order valence-electron chi connectivity index (χ0n) is 15.1. The van der Waals surface area contributed by atoms with Gasteiger partial charge in [-0.2, -0.15) is 5.26 Å². The number of nitriles is 1. The molecule has 1 aliphatic heterocycles. The van der Waals surface area contributed by atoms with Crippen LogP contribution in [0.15, 0.2) is 36.4 Å². The summed E-state index contributed by atoms with van der Waals surface area (Å²) in [6, 6.07) is 9.99. The molecule has 1 aliphatic rings. The molecule has 0 unspecified atom stereocenters. The highest BCUT2D eigenvalue weighted by Crippen LogP contribution is 2.40. The van der Waals surface area contributed by atoms with Gasteiger partial charge in [0.25, 0.3) is 5.91 Å². The summed E-state index contributed by atoms with van der Waals surface area (Å²) in [6.07, 6.45) is 0. The van der Waals surface area contributed by atoms with Crippen molar-refractivity contribution in [1.82, 2.24) is 15.2 Å². The number of hydrogen-bond acceptors (Lipinski definition) is 5. The summed E-state index contributed by atoms with van der Waals surface area (Å²) < 4.78 is 28.5. The molecule has 4 rings (SSSR count). The van der Waals surface area contributed by atoms with Crippen LogP contribution in [0.4, 0.5) is 8.78 Å². The molecule has 0 atom stereocenters. The number of benzene rings is 2. The number of nitrogens with zero attached hydrogens (tertiary/aromatic N) is 3. The molecular formula is C20H11ClF2N4O2S. The van der Waals surface area contributed by atoms with Gasteiger partial charge in [-0.25, -0.2) is 13.8 Å². The van der Waals surface area contributed by atoms with Crippen molar-refractivity contribution in [2.45, 2.75) is 0 Å². The fraction of sp³-hybridized carbons (Fsp3) is 0.100. The number of thiazole rings is 1. The van der Waals surface area contributed by atoms with Crippen molar-refractivity contribution in [2.24, 2.45) is 0 Å². The van der Waals surface area contributed by atoms with E-state index < -0.39 is 17.5 Å². The Labute approximate surface area is 178 Å². The highest BCUT2D eigenvalue weighted by Gasteiger charge is 2.29.